The Morgan fingerprint density at radius 3 is 2.25 bits per heavy atom. The first-order chi connectivity index (χ1) is 9.24. The van der Waals surface area contributed by atoms with Crippen LogP contribution >= 0.6 is 7.60 Å². The molecule has 20 heavy (non-hydrogen) atoms. The molecule has 0 saturated carbocycles. The summed E-state index contributed by atoms with van der Waals surface area (Å²) in [5, 5.41) is 0. The minimum atomic E-state index is -4.49. The molecule has 2 N–H and O–H groups in total. The molecule has 0 amide bonds. The van der Waals surface area contributed by atoms with Gasteiger partial charge in [-0.05, 0) is 31.5 Å². The van der Waals surface area contributed by atoms with Crippen LogP contribution in [0, 0.1) is 0 Å². The summed E-state index contributed by atoms with van der Waals surface area (Å²) >= 11 is 0. The second-order valence-corrected chi connectivity index (χ2v) is 6.10. The van der Waals surface area contributed by atoms with E-state index in [2.05, 4.69) is 0 Å². The molecule has 0 aliphatic heterocycles. The third kappa shape index (κ3) is 4.06. The molecule has 8 heteroatoms. The summed E-state index contributed by atoms with van der Waals surface area (Å²) in [6.07, 6.45) is -4.49. The average molecular weight is 311 g/mol. The summed E-state index contributed by atoms with van der Waals surface area (Å²) in [5.74, 6) is -1.26. The minimum Gasteiger partial charge on any atom is -0.314 e. The van der Waals surface area contributed by atoms with E-state index in [4.69, 9.17) is 14.8 Å². The number of hydrogen-bond acceptors (Lipinski definition) is 4. The molecule has 1 aromatic carbocycles. The second kappa shape index (κ2) is 6.72. The van der Waals surface area contributed by atoms with Gasteiger partial charge in [-0.15, -0.1) is 0 Å². The van der Waals surface area contributed by atoms with Crippen LogP contribution in [0.4, 0.5) is 13.2 Å². The summed E-state index contributed by atoms with van der Waals surface area (Å²) in [5.41, 5.74) is 4.98. The second-order valence-electron chi connectivity index (χ2n) is 3.94. The van der Waals surface area contributed by atoms with Crippen LogP contribution in [0.25, 0.3) is 0 Å². The fraction of sp³-hybridized carbons (Fsp3) is 0.500. The Bertz CT molecular complexity index is 483. The van der Waals surface area contributed by atoms with Gasteiger partial charge in [0.15, 0.2) is 0 Å². The maximum atomic E-state index is 12.7. The molecule has 0 bridgehead atoms. The molecule has 0 saturated heterocycles. The molecule has 0 spiro atoms. The standard InChI is InChI=1S/C12H17F3NO3P/c1-3-18-20(17,19-4-2)11(16)9-6-5-7-10(8-9)12(13,14)15/h5-8,11H,3-4,16H2,1-2H3/t11-/m0/s1. The van der Waals surface area contributed by atoms with Crippen molar-refractivity contribution in [2.75, 3.05) is 13.2 Å². The molecule has 0 aliphatic rings. The highest BCUT2D eigenvalue weighted by Gasteiger charge is 2.36. The number of benzene rings is 1. The van der Waals surface area contributed by atoms with Crippen molar-refractivity contribution in [3.8, 4) is 0 Å². The Labute approximate surface area is 115 Å². The molecule has 1 rings (SSSR count). The number of halogens is 3. The van der Waals surface area contributed by atoms with Crippen LogP contribution in [0.5, 0.6) is 0 Å². The molecule has 4 nitrogen and oxygen atoms in total. The molecule has 0 unspecified atom stereocenters. The zero-order chi connectivity index (χ0) is 15.4. The minimum absolute atomic E-state index is 0.0602. The summed E-state index contributed by atoms with van der Waals surface area (Å²) in [6.45, 7) is 3.38. The van der Waals surface area contributed by atoms with Crippen molar-refractivity contribution in [2.45, 2.75) is 25.8 Å². The van der Waals surface area contributed by atoms with Crippen LogP contribution in [0.1, 0.15) is 30.8 Å². The van der Waals surface area contributed by atoms with Gasteiger partial charge in [-0.3, -0.25) is 4.57 Å². The summed E-state index contributed by atoms with van der Waals surface area (Å²) < 4.78 is 60.5. The van der Waals surface area contributed by atoms with Gasteiger partial charge in [-0.2, -0.15) is 13.2 Å². The monoisotopic (exact) mass is 311 g/mol. The molecule has 1 aromatic rings. The van der Waals surface area contributed by atoms with Crippen LogP contribution in [-0.2, 0) is 19.8 Å². The van der Waals surface area contributed by atoms with E-state index in [0.717, 1.165) is 12.1 Å². The summed E-state index contributed by atoms with van der Waals surface area (Å²) in [7, 11) is -3.69. The lowest BCUT2D eigenvalue weighted by molar-refractivity contribution is -0.137. The van der Waals surface area contributed by atoms with Crippen LogP contribution in [0.2, 0.25) is 0 Å². The molecule has 0 aromatic heterocycles. The van der Waals surface area contributed by atoms with Crippen molar-refractivity contribution < 1.29 is 26.8 Å². The molecule has 114 valence electrons. The third-order valence-electron chi connectivity index (χ3n) is 2.51. The van der Waals surface area contributed by atoms with Gasteiger partial charge in [0.1, 0.15) is 5.78 Å². The molecule has 0 radical (unpaired) electrons. The van der Waals surface area contributed by atoms with E-state index in [0.29, 0.717) is 0 Å². The Kier molecular flexibility index (Phi) is 5.77. The Balaban J connectivity index is 3.12. The first kappa shape index (κ1) is 17.2. The largest absolute Gasteiger partial charge is 0.416 e. The SMILES string of the molecule is CCOP(=O)(OCC)[C@H](N)c1cccc(C(F)(F)F)c1. The number of alkyl halides is 3. The van der Waals surface area contributed by atoms with E-state index in [1.807, 2.05) is 0 Å². The molecular formula is C12H17F3NO3P. The fourth-order valence-corrected chi connectivity index (χ4v) is 3.28. The van der Waals surface area contributed by atoms with Gasteiger partial charge in [0, 0.05) is 0 Å². The predicted octanol–water partition coefficient (Wildman–Crippen LogP) is 3.93. The molecular weight excluding hydrogens is 294 g/mol. The molecule has 0 heterocycles. The lowest BCUT2D eigenvalue weighted by atomic mass is 10.1. The quantitative estimate of drug-likeness (QED) is 0.809. The highest BCUT2D eigenvalue weighted by molar-refractivity contribution is 7.54. The van der Waals surface area contributed by atoms with Gasteiger partial charge in [0.25, 0.3) is 0 Å². The van der Waals surface area contributed by atoms with Gasteiger partial charge in [0.2, 0.25) is 0 Å². The zero-order valence-corrected chi connectivity index (χ0v) is 12.1. The Hall–Kier alpha value is -0.880. The smallest absolute Gasteiger partial charge is 0.314 e. The number of nitrogens with two attached hydrogens (primary N) is 1. The topological polar surface area (TPSA) is 61.5 Å². The molecule has 0 aliphatic carbocycles. The molecule has 1 atom stereocenters. The van der Waals surface area contributed by atoms with Crippen molar-refractivity contribution in [3.63, 3.8) is 0 Å². The van der Waals surface area contributed by atoms with Gasteiger partial charge in [-0.1, -0.05) is 12.1 Å². The van der Waals surface area contributed by atoms with Crippen molar-refractivity contribution in [1.82, 2.24) is 0 Å². The first-order valence-corrected chi connectivity index (χ1v) is 7.67. The lowest BCUT2D eigenvalue weighted by Crippen LogP contribution is -2.16. The number of hydrogen-bond donors (Lipinski definition) is 1. The lowest BCUT2D eigenvalue weighted by Gasteiger charge is -2.23. The predicted molar refractivity (Wildman–Crippen MR) is 69.2 cm³/mol. The van der Waals surface area contributed by atoms with Gasteiger partial charge in [0.05, 0.1) is 18.8 Å². The summed E-state index contributed by atoms with van der Waals surface area (Å²) in [6, 6.07) is 4.35. The Morgan fingerprint density at radius 1 is 1.25 bits per heavy atom. The van der Waals surface area contributed by atoms with E-state index in [9.17, 15) is 17.7 Å². The van der Waals surface area contributed by atoms with Gasteiger partial charge >= 0.3 is 13.8 Å². The average Bonchev–Trinajstić information content (AvgIpc) is 2.37. The van der Waals surface area contributed by atoms with E-state index in [-0.39, 0.29) is 18.8 Å². The maximum absolute atomic E-state index is 12.7. The van der Waals surface area contributed by atoms with E-state index < -0.39 is 25.1 Å². The Morgan fingerprint density at radius 2 is 1.80 bits per heavy atom. The van der Waals surface area contributed by atoms with E-state index in [1.54, 1.807) is 13.8 Å². The first-order valence-electron chi connectivity index (χ1n) is 6.06. The number of rotatable bonds is 6. The van der Waals surface area contributed by atoms with Crippen molar-refractivity contribution in [2.24, 2.45) is 5.73 Å². The molecule has 0 fully saturated rings. The van der Waals surface area contributed by atoms with Crippen LogP contribution in [0.15, 0.2) is 24.3 Å². The van der Waals surface area contributed by atoms with Crippen molar-refractivity contribution in [3.05, 3.63) is 35.4 Å². The van der Waals surface area contributed by atoms with Crippen LogP contribution < -0.4 is 5.73 Å². The maximum Gasteiger partial charge on any atom is 0.416 e. The van der Waals surface area contributed by atoms with E-state index >= 15 is 0 Å². The van der Waals surface area contributed by atoms with Crippen molar-refractivity contribution >= 4 is 7.60 Å². The highest BCUT2D eigenvalue weighted by Crippen LogP contribution is 2.58. The highest BCUT2D eigenvalue weighted by atomic mass is 31.2. The van der Waals surface area contributed by atoms with Gasteiger partial charge < -0.3 is 14.8 Å². The van der Waals surface area contributed by atoms with Crippen LogP contribution in [-0.4, -0.2) is 13.2 Å². The third-order valence-corrected chi connectivity index (χ3v) is 4.73. The van der Waals surface area contributed by atoms with Crippen molar-refractivity contribution in [1.29, 1.82) is 0 Å². The normalized spacial score (nSPS) is 14.3. The van der Waals surface area contributed by atoms with E-state index in [1.165, 1.54) is 12.1 Å². The fourth-order valence-electron chi connectivity index (χ4n) is 1.64. The van der Waals surface area contributed by atoms with Gasteiger partial charge in [-0.25, -0.2) is 0 Å². The zero-order valence-electron chi connectivity index (χ0n) is 11.2. The van der Waals surface area contributed by atoms with Crippen LogP contribution in [0.3, 0.4) is 0 Å². The summed E-state index contributed by atoms with van der Waals surface area (Å²) in [4.78, 5) is 0.